The molecule has 0 unspecified atom stereocenters. The van der Waals surface area contributed by atoms with Crippen LogP contribution in [-0.4, -0.2) is 35.9 Å². The van der Waals surface area contributed by atoms with E-state index in [9.17, 15) is 13.2 Å². The highest BCUT2D eigenvalue weighted by Gasteiger charge is 2.29. The molecule has 0 bridgehead atoms. The van der Waals surface area contributed by atoms with Crippen LogP contribution in [-0.2, 0) is 19.1 Å². The minimum atomic E-state index is -4.29. The van der Waals surface area contributed by atoms with Crippen molar-refractivity contribution in [3.8, 4) is 0 Å². The second-order valence-electron chi connectivity index (χ2n) is 5.49. The van der Waals surface area contributed by atoms with Crippen LogP contribution in [0, 0.1) is 0 Å². The summed E-state index contributed by atoms with van der Waals surface area (Å²) < 4.78 is 39.4. The van der Waals surface area contributed by atoms with Gasteiger partial charge >= 0.3 is 6.18 Å². The molecule has 2 N–H and O–H groups in total. The number of alkyl halides is 3. The predicted molar refractivity (Wildman–Crippen MR) is 107 cm³/mol. The van der Waals surface area contributed by atoms with Crippen LogP contribution in [0.3, 0.4) is 0 Å². The van der Waals surface area contributed by atoms with Crippen molar-refractivity contribution in [2.24, 2.45) is 4.99 Å². The number of guanidine groups is 1. The van der Waals surface area contributed by atoms with Crippen LogP contribution in [0.1, 0.15) is 17.5 Å². The summed E-state index contributed by atoms with van der Waals surface area (Å²) in [6.45, 7) is 2.16. The van der Waals surface area contributed by atoms with Gasteiger partial charge < -0.3 is 10.6 Å². The van der Waals surface area contributed by atoms with E-state index in [0.717, 1.165) is 37.2 Å². The minimum absolute atomic E-state index is 0. The highest BCUT2D eigenvalue weighted by atomic mass is 127. The van der Waals surface area contributed by atoms with Gasteiger partial charge in [-0.05, 0) is 36.6 Å². The summed E-state index contributed by atoms with van der Waals surface area (Å²) in [5.74, 6) is 0.673. The lowest BCUT2D eigenvalue weighted by atomic mass is 10.1. The molecule has 0 amide bonds. The van der Waals surface area contributed by atoms with Gasteiger partial charge in [-0.3, -0.25) is 9.67 Å². The summed E-state index contributed by atoms with van der Waals surface area (Å²) in [5, 5.41) is 10.5. The average Bonchev–Trinajstić information content (AvgIpc) is 3.10. The molecule has 5 nitrogen and oxygen atoms in total. The number of halogens is 4. The molecule has 9 heteroatoms. The molecule has 0 aliphatic carbocycles. The molecule has 26 heavy (non-hydrogen) atoms. The Kier molecular flexibility index (Phi) is 9.46. The molecule has 0 aliphatic heterocycles. The minimum Gasteiger partial charge on any atom is -0.356 e. The Bertz CT molecular complexity index is 654. The maximum absolute atomic E-state index is 12.5. The molecule has 0 saturated heterocycles. The number of aliphatic imine (C=N–C) groups is 1. The Morgan fingerprint density at radius 1 is 1.15 bits per heavy atom. The highest BCUT2D eigenvalue weighted by molar-refractivity contribution is 14.0. The Labute approximate surface area is 168 Å². The van der Waals surface area contributed by atoms with Gasteiger partial charge in [0.2, 0.25) is 0 Å². The fraction of sp³-hybridized carbons (Fsp3) is 0.412. The first-order valence-electron chi connectivity index (χ1n) is 8.07. The van der Waals surface area contributed by atoms with E-state index in [0.29, 0.717) is 18.9 Å². The van der Waals surface area contributed by atoms with E-state index in [1.807, 2.05) is 16.9 Å². The standard InChI is InChI=1S/C17H22F3N5.HI/c1-21-16(22-9-2-12-25-13-3-10-24-25)23-11-8-14-4-6-15(7-5-14)17(18,19)20;/h3-7,10,13H,2,8-9,11-12H2,1H3,(H2,21,22,23);1H. The molecule has 0 aliphatic rings. The zero-order valence-corrected chi connectivity index (χ0v) is 16.8. The number of rotatable bonds is 7. The summed E-state index contributed by atoms with van der Waals surface area (Å²) in [4.78, 5) is 4.12. The molecule has 144 valence electrons. The number of hydrogen-bond donors (Lipinski definition) is 2. The molecule has 0 spiro atoms. The van der Waals surface area contributed by atoms with Crippen molar-refractivity contribution in [3.63, 3.8) is 0 Å². The molecule has 1 heterocycles. The number of nitrogens with one attached hydrogen (secondary N) is 2. The number of aromatic nitrogens is 2. The molecular weight excluding hydrogens is 458 g/mol. The van der Waals surface area contributed by atoms with E-state index in [4.69, 9.17) is 0 Å². The molecule has 1 aromatic carbocycles. The zero-order valence-electron chi connectivity index (χ0n) is 14.5. The first kappa shape index (κ1) is 22.3. The lowest BCUT2D eigenvalue weighted by Crippen LogP contribution is -2.39. The van der Waals surface area contributed by atoms with Crippen LogP contribution < -0.4 is 10.6 Å². The van der Waals surface area contributed by atoms with Gasteiger partial charge in [0.15, 0.2) is 5.96 Å². The third-order valence-electron chi connectivity index (χ3n) is 3.63. The van der Waals surface area contributed by atoms with Crippen molar-refractivity contribution in [2.75, 3.05) is 20.1 Å². The molecular formula is C17H23F3IN5. The van der Waals surface area contributed by atoms with Crippen molar-refractivity contribution in [3.05, 3.63) is 53.9 Å². The smallest absolute Gasteiger partial charge is 0.356 e. The van der Waals surface area contributed by atoms with Crippen LogP contribution in [0.4, 0.5) is 13.2 Å². The van der Waals surface area contributed by atoms with E-state index >= 15 is 0 Å². The van der Waals surface area contributed by atoms with Crippen LogP contribution in [0.25, 0.3) is 0 Å². The second kappa shape index (κ2) is 11.0. The third kappa shape index (κ3) is 7.63. The normalized spacial score (nSPS) is 11.8. The first-order valence-corrected chi connectivity index (χ1v) is 8.07. The fourth-order valence-corrected chi connectivity index (χ4v) is 2.29. The van der Waals surface area contributed by atoms with E-state index in [1.54, 1.807) is 13.2 Å². The summed E-state index contributed by atoms with van der Waals surface area (Å²) >= 11 is 0. The van der Waals surface area contributed by atoms with Crippen LogP contribution in [0.15, 0.2) is 47.7 Å². The van der Waals surface area contributed by atoms with E-state index < -0.39 is 11.7 Å². The van der Waals surface area contributed by atoms with Gasteiger partial charge in [-0.15, -0.1) is 24.0 Å². The molecule has 2 rings (SSSR count). The van der Waals surface area contributed by atoms with Crippen LogP contribution in [0.2, 0.25) is 0 Å². The summed E-state index contributed by atoms with van der Waals surface area (Å²) in [5.41, 5.74) is 0.216. The number of nitrogens with zero attached hydrogens (tertiary/aromatic N) is 3. The second-order valence-corrected chi connectivity index (χ2v) is 5.49. The summed E-state index contributed by atoms with van der Waals surface area (Å²) in [6, 6.07) is 7.11. The average molecular weight is 481 g/mol. The maximum Gasteiger partial charge on any atom is 0.416 e. The van der Waals surface area contributed by atoms with Gasteiger partial charge in [0.1, 0.15) is 0 Å². The highest BCUT2D eigenvalue weighted by Crippen LogP contribution is 2.29. The van der Waals surface area contributed by atoms with Crippen molar-refractivity contribution in [1.82, 2.24) is 20.4 Å². The Morgan fingerprint density at radius 3 is 2.42 bits per heavy atom. The van der Waals surface area contributed by atoms with Gasteiger partial charge in [-0.25, -0.2) is 0 Å². The molecule has 0 radical (unpaired) electrons. The Morgan fingerprint density at radius 2 is 1.85 bits per heavy atom. The largest absolute Gasteiger partial charge is 0.416 e. The Balaban J connectivity index is 0.00000338. The molecule has 0 saturated carbocycles. The molecule has 2 aromatic rings. The lowest BCUT2D eigenvalue weighted by molar-refractivity contribution is -0.137. The van der Waals surface area contributed by atoms with E-state index in [-0.39, 0.29) is 24.0 Å². The monoisotopic (exact) mass is 481 g/mol. The topological polar surface area (TPSA) is 54.2 Å². The number of benzene rings is 1. The SMILES string of the molecule is CN=C(NCCCn1cccn1)NCCc1ccc(C(F)(F)F)cc1.I. The van der Waals surface area contributed by atoms with Crippen molar-refractivity contribution >= 4 is 29.9 Å². The number of hydrogen-bond acceptors (Lipinski definition) is 2. The summed E-state index contributed by atoms with van der Waals surface area (Å²) in [7, 11) is 1.68. The Hall–Kier alpha value is -1.78. The maximum atomic E-state index is 12.5. The quantitative estimate of drug-likeness (QED) is 0.276. The van der Waals surface area contributed by atoms with Crippen LogP contribution >= 0.6 is 24.0 Å². The lowest BCUT2D eigenvalue weighted by Gasteiger charge is -2.12. The van der Waals surface area contributed by atoms with Gasteiger partial charge in [0.05, 0.1) is 5.56 Å². The van der Waals surface area contributed by atoms with Crippen molar-refractivity contribution < 1.29 is 13.2 Å². The molecule has 1 aromatic heterocycles. The fourth-order valence-electron chi connectivity index (χ4n) is 2.29. The third-order valence-corrected chi connectivity index (χ3v) is 3.63. The molecule has 0 fully saturated rings. The van der Waals surface area contributed by atoms with Crippen molar-refractivity contribution in [2.45, 2.75) is 25.6 Å². The summed E-state index contributed by atoms with van der Waals surface area (Å²) in [6.07, 6.45) is 0.888. The number of aryl methyl sites for hydroxylation is 1. The van der Waals surface area contributed by atoms with Crippen LogP contribution in [0.5, 0.6) is 0 Å². The zero-order chi connectivity index (χ0) is 18.1. The predicted octanol–water partition coefficient (Wildman–Crippen LogP) is 3.32. The van der Waals surface area contributed by atoms with E-state index in [1.165, 1.54) is 12.1 Å². The van der Waals surface area contributed by atoms with Crippen molar-refractivity contribution in [1.29, 1.82) is 0 Å². The van der Waals surface area contributed by atoms with Gasteiger partial charge in [0, 0.05) is 39.1 Å². The van der Waals surface area contributed by atoms with Gasteiger partial charge in [0.25, 0.3) is 0 Å². The van der Waals surface area contributed by atoms with Gasteiger partial charge in [-0.1, -0.05) is 12.1 Å². The first-order chi connectivity index (χ1) is 12.0. The van der Waals surface area contributed by atoms with Gasteiger partial charge in [-0.2, -0.15) is 18.3 Å². The van der Waals surface area contributed by atoms with E-state index in [2.05, 4.69) is 20.7 Å². The molecule has 0 atom stereocenters.